The van der Waals surface area contributed by atoms with Crippen LogP contribution in [0, 0.1) is 6.04 Å². The van der Waals surface area contributed by atoms with E-state index in [1.807, 2.05) is 34.2 Å². The zero-order valence-electron chi connectivity index (χ0n) is 22.9. The lowest BCUT2D eigenvalue weighted by molar-refractivity contribution is -0.145. The van der Waals surface area contributed by atoms with E-state index in [1.165, 1.54) is 6.04 Å². The van der Waals surface area contributed by atoms with E-state index in [1.54, 1.807) is 12.4 Å². The molecule has 4 aromatic heterocycles. The minimum absolute atomic E-state index is 0.00612. The van der Waals surface area contributed by atoms with Crippen molar-refractivity contribution in [3.63, 3.8) is 0 Å². The first-order chi connectivity index (χ1) is 20.4. The summed E-state index contributed by atoms with van der Waals surface area (Å²) < 4.78 is 53.9. The number of alkyl halides is 3. The van der Waals surface area contributed by atoms with Crippen molar-refractivity contribution in [3.8, 4) is 17.1 Å². The highest BCUT2D eigenvalue weighted by molar-refractivity contribution is 5.90. The fourth-order valence-electron chi connectivity index (χ4n) is 5.91. The van der Waals surface area contributed by atoms with E-state index >= 15 is 0 Å². The van der Waals surface area contributed by atoms with Gasteiger partial charge in [-0.25, -0.2) is 15.0 Å². The van der Waals surface area contributed by atoms with Gasteiger partial charge in [-0.2, -0.15) is 23.3 Å². The van der Waals surface area contributed by atoms with E-state index in [2.05, 4.69) is 34.9 Å². The van der Waals surface area contributed by atoms with Crippen LogP contribution in [-0.4, -0.2) is 96.0 Å². The molecule has 6 heterocycles. The number of rotatable bonds is 7. The van der Waals surface area contributed by atoms with Crippen molar-refractivity contribution in [1.29, 1.82) is 0 Å². The van der Waals surface area contributed by atoms with E-state index < -0.39 is 12.0 Å². The van der Waals surface area contributed by atoms with Crippen LogP contribution in [0.1, 0.15) is 37.2 Å². The van der Waals surface area contributed by atoms with Gasteiger partial charge in [-0.05, 0) is 31.7 Å². The Hall–Kier alpha value is -3.62. The predicted octanol–water partition coefficient (Wildman–Crippen LogP) is 3.55. The molecule has 2 saturated heterocycles. The maximum atomic E-state index is 13.5. The molecule has 2 aliphatic heterocycles. The van der Waals surface area contributed by atoms with Gasteiger partial charge in [0.15, 0.2) is 0 Å². The average molecular weight is 583 g/mol. The fraction of sp³-hybridized carbons (Fsp3) is 0.500. The number of hydrogen-bond donors (Lipinski definition) is 1. The summed E-state index contributed by atoms with van der Waals surface area (Å²) in [5.41, 5.74) is 2.90. The number of hydrogen-bond acceptors (Lipinski definition) is 9. The zero-order valence-corrected chi connectivity index (χ0v) is 22.9. The summed E-state index contributed by atoms with van der Waals surface area (Å²) in [5, 5.41) is 5.54. The molecule has 11 nitrogen and oxygen atoms in total. The molecule has 0 atom stereocenters. The SMILES string of the molecule is FC(F)(F)c1nc(CN2CCOCC2)cc(OC2CCN(C3C[C](n4cc(-c5ncnc6[nH]ccc56)cn4)C3)CC2)n1. The van der Waals surface area contributed by atoms with Crippen molar-refractivity contribution < 1.29 is 22.6 Å². The molecule has 7 rings (SSSR count). The van der Waals surface area contributed by atoms with Crippen molar-refractivity contribution in [2.75, 3.05) is 39.4 Å². The molecule has 3 fully saturated rings. The standard InChI is InChI=1S/C28H31F3N9O2/c29-28(30,31)27-36-19(16-38-7-9-41-10-8-38)11-24(37-27)42-22-2-5-39(6-3-22)20-12-21(13-20)40-15-18(14-35-40)25-23-1-4-32-26(23)34-17-33-25/h1,4,11,14-15,17,20,22H,2-3,5-10,12-13,16H2,(H,32,33,34). The Balaban J connectivity index is 0.933. The van der Waals surface area contributed by atoms with E-state index in [0.717, 1.165) is 61.1 Å². The van der Waals surface area contributed by atoms with E-state index in [-0.39, 0.29) is 12.0 Å². The molecule has 4 aromatic rings. The summed E-state index contributed by atoms with van der Waals surface area (Å²) in [6.45, 7) is 4.36. The van der Waals surface area contributed by atoms with Crippen LogP contribution in [0.3, 0.4) is 0 Å². The van der Waals surface area contributed by atoms with Crippen LogP contribution < -0.4 is 4.74 Å². The van der Waals surface area contributed by atoms with Crippen LogP contribution in [0.2, 0.25) is 0 Å². The Labute approximate surface area is 240 Å². The number of ether oxygens (including phenoxy) is 2. The first-order valence-corrected chi connectivity index (χ1v) is 14.2. The highest BCUT2D eigenvalue weighted by atomic mass is 19.4. The largest absolute Gasteiger partial charge is 0.474 e. The number of H-pyrrole nitrogens is 1. The minimum atomic E-state index is -4.64. The molecule has 0 amide bonds. The van der Waals surface area contributed by atoms with E-state index in [0.29, 0.717) is 44.6 Å². The molecule has 1 saturated carbocycles. The van der Waals surface area contributed by atoms with Crippen molar-refractivity contribution >= 4 is 11.0 Å². The van der Waals surface area contributed by atoms with Crippen LogP contribution in [0.15, 0.2) is 37.1 Å². The molecular weight excluding hydrogens is 551 g/mol. The third-order valence-electron chi connectivity index (χ3n) is 8.26. The maximum Gasteiger partial charge on any atom is 0.451 e. The zero-order chi connectivity index (χ0) is 28.7. The third kappa shape index (κ3) is 5.70. The first-order valence-electron chi connectivity index (χ1n) is 14.2. The highest BCUT2D eigenvalue weighted by Crippen LogP contribution is 2.37. The molecule has 14 heteroatoms. The first kappa shape index (κ1) is 27.2. The summed E-state index contributed by atoms with van der Waals surface area (Å²) in [6.07, 6.45) is 5.71. The lowest BCUT2D eigenvalue weighted by atomic mass is 9.84. The van der Waals surface area contributed by atoms with Crippen molar-refractivity contribution in [2.45, 2.75) is 50.6 Å². The fourth-order valence-corrected chi connectivity index (χ4v) is 5.91. The molecule has 0 spiro atoms. The van der Waals surface area contributed by atoms with Crippen LogP contribution in [-0.2, 0) is 17.5 Å². The van der Waals surface area contributed by atoms with Crippen molar-refractivity contribution in [2.24, 2.45) is 0 Å². The Morgan fingerprint density at radius 3 is 2.64 bits per heavy atom. The second-order valence-electron chi connectivity index (χ2n) is 11.0. The molecule has 3 aliphatic rings. The van der Waals surface area contributed by atoms with Gasteiger partial charge in [-0.3, -0.25) is 14.5 Å². The molecule has 0 bridgehead atoms. The Kier molecular flexibility index (Phi) is 7.28. The predicted molar refractivity (Wildman–Crippen MR) is 145 cm³/mol. The third-order valence-corrected chi connectivity index (χ3v) is 8.26. The smallest absolute Gasteiger partial charge is 0.451 e. The van der Waals surface area contributed by atoms with Gasteiger partial charge in [0, 0.05) is 68.2 Å². The summed E-state index contributed by atoms with van der Waals surface area (Å²) in [6, 6.07) is 5.18. The summed E-state index contributed by atoms with van der Waals surface area (Å²) in [5.74, 6) is -1.16. The van der Waals surface area contributed by atoms with Gasteiger partial charge in [0.2, 0.25) is 11.7 Å². The molecule has 1 aliphatic carbocycles. The van der Waals surface area contributed by atoms with Gasteiger partial charge >= 0.3 is 6.18 Å². The number of morpholine rings is 1. The summed E-state index contributed by atoms with van der Waals surface area (Å²) in [7, 11) is 0. The Morgan fingerprint density at radius 2 is 1.86 bits per heavy atom. The van der Waals surface area contributed by atoms with Crippen molar-refractivity contribution in [3.05, 3.63) is 54.6 Å². The molecule has 1 radical (unpaired) electrons. The van der Waals surface area contributed by atoms with Crippen LogP contribution >= 0.6 is 0 Å². The van der Waals surface area contributed by atoms with Gasteiger partial charge in [-0.1, -0.05) is 0 Å². The highest BCUT2D eigenvalue weighted by Gasteiger charge is 2.39. The van der Waals surface area contributed by atoms with Gasteiger partial charge in [0.25, 0.3) is 0 Å². The Bertz CT molecular complexity index is 1520. The number of aromatic nitrogens is 7. The number of likely N-dealkylation sites (tertiary alicyclic amines) is 1. The number of halogens is 3. The summed E-state index contributed by atoms with van der Waals surface area (Å²) >= 11 is 0. The minimum Gasteiger partial charge on any atom is -0.474 e. The lowest BCUT2D eigenvalue weighted by Crippen LogP contribution is -2.50. The second-order valence-corrected chi connectivity index (χ2v) is 11.0. The summed E-state index contributed by atoms with van der Waals surface area (Å²) in [4.78, 5) is 23.8. The number of fused-ring (bicyclic) bond motifs is 1. The Morgan fingerprint density at radius 1 is 1.05 bits per heavy atom. The van der Waals surface area contributed by atoms with Gasteiger partial charge in [-0.15, -0.1) is 0 Å². The molecule has 42 heavy (non-hydrogen) atoms. The molecule has 221 valence electrons. The molecule has 0 unspecified atom stereocenters. The van der Waals surface area contributed by atoms with Crippen LogP contribution in [0.5, 0.6) is 5.88 Å². The molecule has 1 N–H and O–H groups in total. The van der Waals surface area contributed by atoms with E-state index in [9.17, 15) is 13.2 Å². The average Bonchev–Trinajstić information content (AvgIpc) is 3.63. The number of nitrogens with zero attached hydrogens (tertiary/aromatic N) is 8. The molecular formula is C28H31F3N9O2. The number of nitrogens with one attached hydrogen (secondary N) is 1. The van der Waals surface area contributed by atoms with E-state index in [4.69, 9.17) is 9.47 Å². The monoisotopic (exact) mass is 582 g/mol. The van der Waals surface area contributed by atoms with Gasteiger partial charge in [0.1, 0.15) is 18.1 Å². The van der Waals surface area contributed by atoms with Gasteiger partial charge < -0.3 is 14.5 Å². The topological polar surface area (TPSA) is 110 Å². The van der Waals surface area contributed by atoms with Gasteiger partial charge in [0.05, 0.1) is 36.8 Å². The number of piperidine rings is 1. The van der Waals surface area contributed by atoms with Crippen LogP contribution in [0.4, 0.5) is 13.2 Å². The quantitative estimate of drug-likeness (QED) is 0.350. The maximum absolute atomic E-state index is 13.5. The number of aromatic amines is 1. The second kappa shape index (κ2) is 11.2. The normalized spacial score (nSPS) is 20.3. The lowest BCUT2D eigenvalue weighted by Gasteiger charge is -2.45. The van der Waals surface area contributed by atoms with Crippen LogP contribution in [0.25, 0.3) is 22.3 Å². The van der Waals surface area contributed by atoms with Crippen molar-refractivity contribution in [1.82, 2.24) is 44.5 Å². The molecule has 0 aromatic carbocycles.